The Labute approximate surface area is 213 Å². The topological polar surface area (TPSA) is 9.72 Å². The van der Waals surface area contributed by atoms with E-state index >= 15 is 4.39 Å². The van der Waals surface area contributed by atoms with Gasteiger partial charge in [0.1, 0.15) is 0 Å². The first kappa shape index (κ1) is 37.9. The molecule has 0 bridgehead atoms. The average molecular weight is 635 g/mol. The molecule has 39 heavy (non-hydrogen) atoms. The van der Waals surface area contributed by atoms with Crippen molar-refractivity contribution in [1.82, 2.24) is 13.7 Å². The van der Waals surface area contributed by atoms with Crippen LogP contribution in [-0.2, 0) is 0 Å². The molecule has 0 radical (unpaired) electrons. The molecule has 0 aromatic rings. The molecule has 7 unspecified atom stereocenters. The van der Waals surface area contributed by atoms with Gasteiger partial charge in [0, 0.05) is 0 Å². The summed E-state index contributed by atoms with van der Waals surface area (Å²) < 4.78 is 237. The van der Waals surface area contributed by atoms with Crippen molar-refractivity contribution in [3.63, 3.8) is 0 Å². The minimum atomic E-state index is -7.74. The van der Waals surface area contributed by atoms with E-state index in [2.05, 4.69) is 0 Å². The maximum atomic E-state index is 15.2. The molecule has 0 aromatic heterocycles. The second kappa shape index (κ2) is 12.4. The standard InChI is InChI=1S/C18H26F17N3Si/c1-36(2)39(37(3)4,38(5)6)14(27)16(30,31)18(34,35)17(32,33)15(28,29)12(24)10(22)8(20)7(19)9(21)11(23)13(25)26/h7-14H,1-6H3. The first-order valence-corrected chi connectivity index (χ1v) is 12.4. The van der Waals surface area contributed by atoms with Gasteiger partial charge in [-0.2, -0.15) is 35.1 Å². The van der Waals surface area contributed by atoms with E-state index in [9.17, 15) is 70.2 Å². The lowest BCUT2D eigenvalue weighted by molar-refractivity contribution is -0.383. The van der Waals surface area contributed by atoms with Gasteiger partial charge >= 0.3 is 32.2 Å². The van der Waals surface area contributed by atoms with Crippen molar-refractivity contribution in [1.29, 1.82) is 0 Å². The van der Waals surface area contributed by atoms with Gasteiger partial charge < -0.3 is 13.7 Å². The molecular formula is C18H26F17N3Si. The molecule has 7 atom stereocenters. The maximum absolute atomic E-state index is 15.2. The van der Waals surface area contributed by atoms with Gasteiger partial charge in [-0.05, 0) is 42.3 Å². The van der Waals surface area contributed by atoms with Crippen LogP contribution in [-0.4, -0.2) is 137 Å². The summed E-state index contributed by atoms with van der Waals surface area (Å²) in [4.78, 5) is 0. The fourth-order valence-corrected chi connectivity index (χ4v) is 8.33. The third-order valence-electron chi connectivity index (χ3n) is 5.95. The Morgan fingerprint density at radius 1 is 0.436 bits per heavy atom. The highest BCUT2D eigenvalue weighted by atomic mass is 28.4. The molecule has 0 amide bonds. The monoisotopic (exact) mass is 635 g/mol. The second-order valence-corrected chi connectivity index (χ2v) is 13.7. The van der Waals surface area contributed by atoms with Gasteiger partial charge in [-0.1, -0.05) is 0 Å². The molecule has 0 saturated heterocycles. The van der Waals surface area contributed by atoms with Crippen molar-refractivity contribution in [2.75, 3.05) is 42.3 Å². The zero-order chi connectivity index (χ0) is 31.9. The Morgan fingerprint density at radius 3 is 1.03 bits per heavy atom. The van der Waals surface area contributed by atoms with Crippen molar-refractivity contribution < 1.29 is 74.6 Å². The van der Waals surface area contributed by atoms with Crippen molar-refractivity contribution in [2.24, 2.45) is 0 Å². The highest BCUT2D eigenvalue weighted by Gasteiger charge is 2.86. The number of hydrogen-bond donors (Lipinski definition) is 0. The summed E-state index contributed by atoms with van der Waals surface area (Å²) in [5, 5.41) is 0. The van der Waals surface area contributed by atoms with E-state index in [4.69, 9.17) is 0 Å². The summed E-state index contributed by atoms with van der Waals surface area (Å²) in [5.41, 5.74) is 0. The van der Waals surface area contributed by atoms with Gasteiger partial charge in [0.15, 0.2) is 30.9 Å². The molecule has 21 heteroatoms. The van der Waals surface area contributed by atoms with Crippen molar-refractivity contribution in [3.8, 4) is 0 Å². The molecule has 236 valence electrons. The lowest BCUT2D eigenvalue weighted by atomic mass is 9.91. The van der Waals surface area contributed by atoms with E-state index in [1.165, 1.54) is 0 Å². The largest absolute Gasteiger partial charge is 0.381 e. The molecule has 3 nitrogen and oxygen atoms in total. The number of alkyl halides is 17. The van der Waals surface area contributed by atoms with Crippen LogP contribution in [0.2, 0.25) is 0 Å². The highest BCUT2D eigenvalue weighted by Crippen LogP contribution is 2.57. The summed E-state index contributed by atoms with van der Waals surface area (Å²) in [6.45, 7) is 0. The molecule has 0 aromatic carbocycles. The van der Waals surface area contributed by atoms with Gasteiger partial charge in [0.25, 0.3) is 6.43 Å². The molecule has 0 N–H and O–H groups in total. The highest BCUT2D eigenvalue weighted by molar-refractivity contribution is 6.73. The van der Waals surface area contributed by atoms with Crippen LogP contribution in [0.25, 0.3) is 0 Å². The van der Waals surface area contributed by atoms with Crippen molar-refractivity contribution >= 4 is 8.56 Å². The molecule has 0 heterocycles. The van der Waals surface area contributed by atoms with Gasteiger partial charge in [-0.15, -0.1) is 0 Å². The third-order valence-corrected chi connectivity index (χ3v) is 10.9. The lowest BCUT2D eigenvalue weighted by Gasteiger charge is -2.51. The van der Waals surface area contributed by atoms with E-state index in [0.717, 1.165) is 42.3 Å². The third kappa shape index (κ3) is 6.09. The fourth-order valence-electron chi connectivity index (χ4n) is 3.90. The van der Waals surface area contributed by atoms with E-state index in [0.29, 0.717) is 13.7 Å². The summed E-state index contributed by atoms with van der Waals surface area (Å²) >= 11 is 0. The Morgan fingerprint density at radius 2 is 0.718 bits per heavy atom. The van der Waals surface area contributed by atoms with Gasteiger partial charge in [-0.3, -0.25) is 0 Å². The summed E-state index contributed by atoms with van der Waals surface area (Å²) in [5.74, 6) is -33.9. The van der Waals surface area contributed by atoms with Crippen LogP contribution < -0.4 is 0 Å². The minimum absolute atomic E-state index is 0.591. The molecule has 0 aliphatic heterocycles. The molecule has 0 fully saturated rings. The van der Waals surface area contributed by atoms with Crippen molar-refractivity contribution in [3.05, 3.63) is 0 Å². The quantitative estimate of drug-likeness (QED) is 0.178. The SMILES string of the molecule is CN(C)[Si](C(F)C(F)(F)C(F)(F)C(F)(F)C(F)(F)C(F)C(F)C(F)C(F)C(F)C(F)C(F)F)(N(C)C)N(C)C. The molecule has 0 aliphatic rings. The average Bonchev–Trinajstić information content (AvgIpc) is 2.79. The zero-order valence-corrected chi connectivity index (χ0v) is 21.9. The van der Waals surface area contributed by atoms with Gasteiger partial charge in [0.2, 0.25) is 12.0 Å². The normalized spacial score (nSPS) is 20.4. The van der Waals surface area contributed by atoms with E-state index < -0.39 is 81.5 Å². The Balaban J connectivity index is 6.58. The molecule has 0 rings (SSSR count). The molecular weight excluding hydrogens is 609 g/mol. The van der Waals surface area contributed by atoms with Crippen molar-refractivity contribution in [2.45, 2.75) is 72.9 Å². The van der Waals surface area contributed by atoms with E-state index in [1.54, 1.807) is 0 Å². The fraction of sp³-hybridized carbons (Fsp3) is 1.00. The smallest absolute Gasteiger partial charge is 0.303 e. The first-order valence-electron chi connectivity index (χ1n) is 10.4. The number of halogens is 17. The van der Waals surface area contributed by atoms with Crippen LogP contribution in [0.5, 0.6) is 0 Å². The predicted molar refractivity (Wildman–Crippen MR) is 107 cm³/mol. The Hall–Kier alpha value is -1.09. The van der Waals surface area contributed by atoms with Gasteiger partial charge in [0.05, 0.1) is 0 Å². The van der Waals surface area contributed by atoms with Crippen LogP contribution in [0.15, 0.2) is 0 Å². The van der Waals surface area contributed by atoms with E-state index in [-0.39, 0.29) is 0 Å². The Kier molecular flexibility index (Phi) is 12.1. The van der Waals surface area contributed by atoms with Crippen LogP contribution in [0.1, 0.15) is 0 Å². The number of rotatable bonds is 15. The van der Waals surface area contributed by atoms with Gasteiger partial charge in [-0.25, -0.2) is 39.5 Å². The number of nitrogens with zero attached hydrogens (tertiary/aromatic N) is 3. The van der Waals surface area contributed by atoms with Crippen LogP contribution in [0.4, 0.5) is 74.6 Å². The van der Waals surface area contributed by atoms with Crippen LogP contribution >= 0.6 is 0 Å². The summed E-state index contributed by atoms with van der Waals surface area (Å²) in [6, 6.07) is 0. The number of hydrogen-bond acceptors (Lipinski definition) is 3. The lowest BCUT2D eigenvalue weighted by Crippen LogP contribution is -2.81. The minimum Gasteiger partial charge on any atom is -0.303 e. The van der Waals surface area contributed by atoms with E-state index in [1.807, 2.05) is 0 Å². The first-order chi connectivity index (χ1) is 17.1. The summed E-state index contributed by atoms with van der Waals surface area (Å²) in [7, 11) is 0.111. The maximum Gasteiger partial charge on any atom is 0.381 e. The second-order valence-electron chi connectivity index (χ2n) is 9.09. The van der Waals surface area contributed by atoms with Crippen LogP contribution in [0, 0.1) is 0 Å². The predicted octanol–water partition coefficient (Wildman–Crippen LogP) is 5.32. The molecule has 0 aliphatic carbocycles. The summed E-state index contributed by atoms with van der Waals surface area (Å²) in [6.07, 6.45) is -33.1. The zero-order valence-electron chi connectivity index (χ0n) is 20.9. The Bertz CT molecular complexity index is 762. The van der Waals surface area contributed by atoms with Crippen LogP contribution in [0.3, 0.4) is 0 Å². The molecule has 0 saturated carbocycles. The molecule has 0 spiro atoms.